The van der Waals surface area contributed by atoms with Crippen LogP contribution in [0.4, 0.5) is 0 Å². The molecule has 6 heteroatoms. The Morgan fingerprint density at radius 1 is 1.26 bits per heavy atom. The van der Waals surface area contributed by atoms with Crippen molar-refractivity contribution in [2.24, 2.45) is 4.99 Å². The molecule has 1 aromatic heterocycles. The van der Waals surface area contributed by atoms with E-state index in [1.54, 1.807) is 7.11 Å². The zero-order valence-electron chi connectivity index (χ0n) is 15.3. The average Bonchev–Trinajstić information content (AvgIpc) is 2.99. The Labute approximate surface area is 161 Å². The van der Waals surface area contributed by atoms with Gasteiger partial charge in [-0.25, -0.2) is 0 Å². The van der Waals surface area contributed by atoms with Crippen molar-refractivity contribution in [1.82, 2.24) is 4.57 Å². The van der Waals surface area contributed by atoms with Gasteiger partial charge in [-0.3, -0.25) is 4.79 Å². The van der Waals surface area contributed by atoms with Crippen LogP contribution in [-0.4, -0.2) is 24.2 Å². The van der Waals surface area contributed by atoms with Crippen molar-refractivity contribution in [2.75, 3.05) is 13.7 Å². The first-order chi connectivity index (χ1) is 13.1. The lowest BCUT2D eigenvalue weighted by Crippen LogP contribution is -2.17. The fourth-order valence-electron chi connectivity index (χ4n) is 2.74. The Hall–Kier alpha value is -3.04. The number of methoxy groups -OCH3 is 1. The van der Waals surface area contributed by atoms with Crippen LogP contribution in [0.2, 0.25) is 0 Å². The van der Waals surface area contributed by atoms with Crippen molar-refractivity contribution in [3.8, 4) is 23.8 Å². The highest BCUT2D eigenvalue weighted by molar-refractivity contribution is 7.16. The molecule has 0 aliphatic heterocycles. The van der Waals surface area contributed by atoms with Gasteiger partial charge >= 0.3 is 0 Å². The monoisotopic (exact) mass is 380 g/mol. The summed E-state index contributed by atoms with van der Waals surface area (Å²) in [4.78, 5) is 17.4. The van der Waals surface area contributed by atoms with Crippen LogP contribution < -0.4 is 14.3 Å². The minimum Gasteiger partial charge on any atom is -0.497 e. The zero-order chi connectivity index (χ0) is 19.2. The Balaban J connectivity index is 1.96. The SMILES string of the molecule is C#CCn1c(=NC(=O)Cc2cccc(OC)c2)sc2cc(OCC)ccc21. The van der Waals surface area contributed by atoms with Crippen LogP contribution in [0.15, 0.2) is 47.5 Å². The van der Waals surface area contributed by atoms with E-state index < -0.39 is 0 Å². The van der Waals surface area contributed by atoms with E-state index in [2.05, 4.69) is 10.9 Å². The van der Waals surface area contributed by atoms with Crippen LogP contribution >= 0.6 is 11.3 Å². The maximum Gasteiger partial charge on any atom is 0.252 e. The fraction of sp³-hybridized carbons (Fsp3) is 0.238. The summed E-state index contributed by atoms with van der Waals surface area (Å²) in [5.41, 5.74) is 1.79. The number of hydrogen-bond donors (Lipinski definition) is 0. The van der Waals surface area contributed by atoms with Gasteiger partial charge in [-0.15, -0.1) is 6.42 Å². The average molecular weight is 380 g/mol. The number of benzene rings is 2. The molecule has 27 heavy (non-hydrogen) atoms. The van der Waals surface area contributed by atoms with E-state index in [1.165, 1.54) is 11.3 Å². The molecule has 1 amide bonds. The van der Waals surface area contributed by atoms with E-state index in [1.807, 2.05) is 54.0 Å². The van der Waals surface area contributed by atoms with Gasteiger partial charge in [0.2, 0.25) is 0 Å². The highest BCUT2D eigenvalue weighted by Crippen LogP contribution is 2.23. The summed E-state index contributed by atoms with van der Waals surface area (Å²) in [5.74, 6) is 3.90. The maximum absolute atomic E-state index is 12.5. The number of rotatable bonds is 6. The minimum absolute atomic E-state index is 0.200. The van der Waals surface area contributed by atoms with Gasteiger partial charge in [0.1, 0.15) is 11.5 Å². The minimum atomic E-state index is -0.231. The Morgan fingerprint density at radius 3 is 2.85 bits per heavy atom. The van der Waals surface area contributed by atoms with Crippen molar-refractivity contribution in [3.05, 3.63) is 52.8 Å². The predicted octanol–water partition coefficient (Wildman–Crippen LogP) is 3.41. The summed E-state index contributed by atoms with van der Waals surface area (Å²) in [6.45, 7) is 2.88. The van der Waals surface area contributed by atoms with Crippen LogP contribution in [0.1, 0.15) is 12.5 Å². The van der Waals surface area contributed by atoms with Gasteiger partial charge in [0.15, 0.2) is 4.80 Å². The lowest BCUT2D eigenvalue weighted by Gasteiger charge is -2.03. The Bertz CT molecular complexity index is 1070. The van der Waals surface area contributed by atoms with Crippen LogP contribution in [-0.2, 0) is 17.8 Å². The number of nitrogens with zero attached hydrogens (tertiary/aromatic N) is 2. The number of carbonyl (C=O) groups excluding carboxylic acids is 1. The van der Waals surface area contributed by atoms with Gasteiger partial charge in [-0.2, -0.15) is 4.99 Å². The van der Waals surface area contributed by atoms with E-state index in [0.717, 1.165) is 21.5 Å². The number of carbonyl (C=O) groups is 1. The lowest BCUT2D eigenvalue weighted by atomic mass is 10.1. The number of terminal acetylenes is 1. The molecule has 0 aliphatic carbocycles. The second-order valence-electron chi connectivity index (χ2n) is 5.77. The van der Waals surface area contributed by atoms with Crippen LogP contribution in [0.25, 0.3) is 10.2 Å². The van der Waals surface area contributed by atoms with Crippen molar-refractivity contribution in [1.29, 1.82) is 0 Å². The maximum atomic E-state index is 12.5. The highest BCUT2D eigenvalue weighted by Gasteiger charge is 2.09. The fourth-order valence-corrected chi connectivity index (χ4v) is 3.82. The normalized spacial score (nSPS) is 11.4. The number of amides is 1. The molecule has 0 saturated heterocycles. The third-order valence-electron chi connectivity index (χ3n) is 3.92. The van der Waals surface area contributed by atoms with E-state index in [-0.39, 0.29) is 12.3 Å². The highest BCUT2D eigenvalue weighted by atomic mass is 32.1. The van der Waals surface area contributed by atoms with E-state index in [4.69, 9.17) is 15.9 Å². The molecule has 2 aromatic carbocycles. The molecule has 138 valence electrons. The number of aromatic nitrogens is 1. The van der Waals surface area contributed by atoms with Gasteiger partial charge in [0, 0.05) is 0 Å². The van der Waals surface area contributed by atoms with E-state index >= 15 is 0 Å². The van der Waals surface area contributed by atoms with Crippen LogP contribution in [0, 0.1) is 12.3 Å². The molecule has 0 unspecified atom stereocenters. The number of fused-ring (bicyclic) bond motifs is 1. The molecular weight excluding hydrogens is 360 g/mol. The zero-order valence-corrected chi connectivity index (χ0v) is 16.1. The number of thiazole rings is 1. The molecule has 0 radical (unpaired) electrons. The molecule has 0 fully saturated rings. The van der Waals surface area contributed by atoms with Crippen molar-refractivity contribution in [2.45, 2.75) is 19.9 Å². The molecule has 1 heterocycles. The topological polar surface area (TPSA) is 52.8 Å². The molecule has 5 nitrogen and oxygen atoms in total. The second-order valence-corrected chi connectivity index (χ2v) is 6.78. The molecule has 0 aliphatic rings. The van der Waals surface area contributed by atoms with Gasteiger partial charge in [0.05, 0.1) is 36.9 Å². The first-order valence-electron chi connectivity index (χ1n) is 8.54. The number of hydrogen-bond acceptors (Lipinski definition) is 4. The smallest absolute Gasteiger partial charge is 0.252 e. The molecule has 0 bridgehead atoms. The number of ether oxygens (including phenoxy) is 2. The summed E-state index contributed by atoms with van der Waals surface area (Å²) in [6, 6.07) is 13.2. The quantitative estimate of drug-likeness (QED) is 0.616. The molecule has 0 spiro atoms. The van der Waals surface area contributed by atoms with Gasteiger partial charge in [-0.05, 0) is 42.8 Å². The largest absolute Gasteiger partial charge is 0.497 e. The molecule has 0 saturated carbocycles. The summed E-state index contributed by atoms with van der Waals surface area (Å²) < 4.78 is 13.6. The summed E-state index contributed by atoms with van der Waals surface area (Å²) in [7, 11) is 1.60. The van der Waals surface area contributed by atoms with Gasteiger partial charge < -0.3 is 14.0 Å². The first-order valence-corrected chi connectivity index (χ1v) is 9.36. The molecule has 3 rings (SSSR count). The first kappa shape index (κ1) is 18.7. The van der Waals surface area contributed by atoms with Crippen LogP contribution in [0.5, 0.6) is 11.5 Å². The van der Waals surface area contributed by atoms with Crippen molar-refractivity contribution >= 4 is 27.5 Å². The van der Waals surface area contributed by atoms with Gasteiger partial charge in [-0.1, -0.05) is 29.4 Å². The van der Waals surface area contributed by atoms with Gasteiger partial charge in [0.25, 0.3) is 5.91 Å². The Morgan fingerprint density at radius 2 is 2.11 bits per heavy atom. The van der Waals surface area contributed by atoms with Crippen LogP contribution in [0.3, 0.4) is 0 Å². The third kappa shape index (κ3) is 4.39. The second kappa shape index (κ2) is 8.56. The van der Waals surface area contributed by atoms with E-state index in [0.29, 0.717) is 23.7 Å². The third-order valence-corrected chi connectivity index (χ3v) is 4.97. The Kier molecular flexibility index (Phi) is 5.94. The summed E-state index contributed by atoms with van der Waals surface area (Å²) >= 11 is 1.43. The lowest BCUT2D eigenvalue weighted by molar-refractivity contribution is -0.117. The molecule has 3 aromatic rings. The molecule has 0 atom stereocenters. The van der Waals surface area contributed by atoms with E-state index in [9.17, 15) is 4.79 Å². The summed E-state index contributed by atoms with van der Waals surface area (Å²) in [5, 5.41) is 0. The molecule has 0 N–H and O–H groups in total. The summed E-state index contributed by atoms with van der Waals surface area (Å²) in [6.07, 6.45) is 5.71. The van der Waals surface area contributed by atoms with Crippen molar-refractivity contribution in [3.63, 3.8) is 0 Å². The van der Waals surface area contributed by atoms with Crippen molar-refractivity contribution < 1.29 is 14.3 Å². The molecular formula is C21H20N2O3S. The predicted molar refractivity (Wildman–Crippen MR) is 107 cm³/mol. The standard InChI is InChI=1S/C21H20N2O3S/c1-4-11-23-18-10-9-17(26-5-2)14-19(18)27-21(23)22-20(24)13-15-7-6-8-16(12-15)25-3/h1,6-10,12,14H,5,11,13H2,2-3H3.